The van der Waals surface area contributed by atoms with Gasteiger partial charge in [0.25, 0.3) is 0 Å². The van der Waals surface area contributed by atoms with Gasteiger partial charge in [-0.25, -0.2) is 0 Å². The largest absolute Gasteiger partial charge is 0.381 e. The SMILES string of the molecule is CC(=O)C(C)N1CCC2(CCOCC2)C1. The van der Waals surface area contributed by atoms with Crippen LogP contribution in [0.15, 0.2) is 0 Å². The van der Waals surface area contributed by atoms with Crippen molar-refractivity contribution in [1.82, 2.24) is 4.90 Å². The highest BCUT2D eigenvalue weighted by Crippen LogP contribution is 2.40. The number of carbonyl (C=O) groups is 1. The maximum absolute atomic E-state index is 11.3. The van der Waals surface area contributed by atoms with Gasteiger partial charge in [0, 0.05) is 19.8 Å². The number of ether oxygens (including phenoxy) is 1. The number of rotatable bonds is 2. The lowest BCUT2D eigenvalue weighted by Gasteiger charge is -2.34. The van der Waals surface area contributed by atoms with Crippen LogP contribution in [0.1, 0.15) is 33.1 Å². The Morgan fingerprint density at radius 3 is 2.60 bits per heavy atom. The van der Waals surface area contributed by atoms with Crippen molar-refractivity contribution in [2.45, 2.75) is 39.2 Å². The Kier molecular flexibility index (Phi) is 3.12. The lowest BCUT2D eigenvalue weighted by molar-refractivity contribution is -0.121. The van der Waals surface area contributed by atoms with E-state index >= 15 is 0 Å². The first-order chi connectivity index (χ1) is 7.13. The zero-order chi connectivity index (χ0) is 10.9. The van der Waals surface area contributed by atoms with Gasteiger partial charge in [0.2, 0.25) is 0 Å². The second-order valence-corrected chi connectivity index (χ2v) is 5.12. The number of hydrogen-bond acceptors (Lipinski definition) is 3. The molecule has 0 bridgehead atoms. The zero-order valence-electron chi connectivity index (χ0n) is 9.79. The van der Waals surface area contributed by atoms with Crippen LogP contribution in [0, 0.1) is 5.41 Å². The molecule has 1 atom stereocenters. The Morgan fingerprint density at radius 1 is 1.33 bits per heavy atom. The van der Waals surface area contributed by atoms with E-state index in [1.807, 2.05) is 6.92 Å². The molecule has 0 aromatic carbocycles. The molecule has 3 heteroatoms. The molecule has 0 radical (unpaired) electrons. The summed E-state index contributed by atoms with van der Waals surface area (Å²) in [6.07, 6.45) is 3.59. The average Bonchev–Trinajstić information content (AvgIpc) is 2.62. The Balaban J connectivity index is 1.96. The molecule has 0 aromatic rings. The van der Waals surface area contributed by atoms with E-state index in [4.69, 9.17) is 4.74 Å². The Morgan fingerprint density at radius 2 is 2.00 bits per heavy atom. The van der Waals surface area contributed by atoms with Crippen molar-refractivity contribution < 1.29 is 9.53 Å². The lowest BCUT2D eigenvalue weighted by Crippen LogP contribution is -2.39. The quantitative estimate of drug-likeness (QED) is 0.692. The van der Waals surface area contributed by atoms with Crippen molar-refractivity contribution in [2.75, 3.05) is 26.3 Å². The molecule has 0 aromatic heterocycles. The summed E-state index contributed by atoms with van der Waals surface area (Å²) in [7, 11) is 0. The third kappa shape index (κ3) is 2.23. The highest BCUT2D eigenvalue weighted by Gasteiger charge is 2.41. The number of hydrogen-bond donors (Lipinski definition) is 0. The first-order valence-corrected chi connectivity index (χ1v) is 5.95. The molecule has 1 spiro atoms. The predicted molar refractivity (Wildman–Crippen MR) is 58.8 cm³/mol. The molecular formula is C12H21NO2. The molecule has 86 valence electrons. The van der Waals surface area contributed by atoms with Crippen molar-refractivity contribution in [3.05, 3.63) is 0 Å². The summed E-state index contributed by atoms with van der Waals surface area (Å²) in [5, 5.41) is 0. The molecule has 3 nitrogen and oxygen atoms in total. The van der Waals surface area contributed by atoms with E-state index in [1.54, 1.807) is 6.92 Å². The molecule has 0 aliphatic carbocycles. The standard InChI is InChI=1S/C12H21NO2/c1-10(11(2)14)13-6-3-12(9-13)4-7-15-8-5-12/h10H,3-9H2,1-2H3. The maximum atomic E-state index is 11.3. The van der Waals surface area contributed by atoms with Crippen LogP contribution in [0.4, 0.5) is 0 Å². The van der Waals surface area contributed by atoms with Gasteiger partial charge in [0.15, 0.2) is 0 Å². The topological polar surface area (TPSA) is 29.5 Å². The Labute approximate surface area is 91.8 Å². The molecule has 0 saturated carbocycles. The van der Waals surface area contributed by atoms with E-state index in [1.165, 1.54) is 19.3 Å². The molecule has 2 aliphatic rings. The van der Waals surface area contributed by atoms with Crippen molar-refractivity contribution >= 4 is 5.78 Å². The molecule has 0 amide bonds. The van der Waals surface area contributed by atoms with Gasteiger partial charge in [0.1, 0.15) is 5.78 Å². The number of likely N-dealkylation sites (tertiary alicyclic amines) is 1. The van der Waals surface area contributed by atoms with Gasteiger partial charge in [0.05, 0.1) is 6.04 Å². The molecular weight excluding hydrogens is 190 g/mol. The van der Waals surface area contributed by atoms with Gasteiger partial charge in [-0.3, -0.25) is 9.69 Å². The first-order valence-electron chi connectivity index (χ1n) is 5.95. The predicted octanol–water partition coefficient (Wildman–Crippen LogP) is 1.47. The van der Waals surface area contributed by atoms with E-state index in [-0.39, 0.29) is 6.04 Å². The summed E-state index contributed by atoms with van der Waals surface area (Å²) in [6.45, 7) is 7.71. The third-order valence-corrected chi connectivity index (χ3v) is 4.16. The Bertz CT molecular complexity index is 246. The second-order valence-electron chi connectivity index (χ2n) is 5.12. The summed E-state index contributed by atoms with van der Waals surface area (Å²) >= 11 is 0. The fourth-order valence-electron chi connectivity index (χ4n) is 2.77. The molecule has 15 heavy (non-hydrogen) atoms. The lowest BCUT2D eigenvalue weighted by atomic mass is 9.80. The third-order valence-electron chi connectivity index (χ3n) is 4.16. The monoisotopic (exact) mass is 211 g/mol. The van der Waals surface area contributed by atoms with Crippen LogP contribution in [0.2, 0.25) is 0 Å². The van der Waals surface area contributed by atoms with Crippen LogP contribution in [0.5, 0.6) is 0 Å². The number of Topliss-reactive ketones (excluding diaryl/α,β-unsaturated/α-hetero) is 1. The van der Waals surface area contributed by atoms with Crippen LogP contribution in [-0.2, 0) is 9.53 Å². The van der Waals surface area contributed by atoms with Crippen LogP contribution in [0.25, 0.3) is 0 Å². The minimum atomic E-state index is 0.104. The highest BCUT2D eigenvalue weighted by molar-refractivity contribution is 5.80. The molecule has 2 rings (SSSR count). The van der Waals surface area contributed by atoms with Crippen molar-refractivity contribution in [3.8, 4) is 0 Å². The summed E-state index contributed by atoms with van der Waals surface area (Å²) in [5.41, 5.74) is 0.460. The minimum absolute atomic E-state index is 0.104. The van der Waals surface area contributed by atoms with Gasteiger partial charge < -0.3 is 4.74 Å². The van der Waals surface area contributed by atoms with Crippen LogP contribution < -0.4 is 0 Å². The van der Waals surface area contributed by atoms with Gasteiger partial charge in [-0.1, -0.05) is 0 Å². The van der Waals surface area contributed by atoms with Crippen molar-refractivity contribution in [3.63, 3.8) is 0 Å². The van der Waals surface area contributed by atoms with E-state index in [0.29, 0.717) is 11.2 Å². The molecule has 1 unspecified atom stereocenters. The van der Waals surface area contributed by atoms with Gasteiger partial charge in [-0.05, 0) is 45.1 Å². The fourth-order valence-corrected chi connectivity index (χ4v) is 2.77. The summed E-state index contributed by atoms with van der Waals surface area (Å²) < 4.78 is 5.41. The molecule has 2 aliphatic heterocycles. The van der Waals surface area contributed by atoms with Crippen LogP contribution >= 0.6 is 0 Å². The van der Waals surface area contributed by atoms with E-state index in [2.05, 4.69) is 4.90 Å². The average molecular weight is 211 g/mol. The number of carbonyl (C=O) groups excluding carboxylic acids is 1. The minimum Gasteiger partial charge on any atom is -0.381 e. The van der Waals surface area contributed by atoms with E-state index in [0.717, 1.165) is 26.3 Å². The van der Waals surface area contributed by atoms with E-state index < -0.39 is 0 Å². The molecule has 0 N–H and O–H groups in total. The normalized spacial score (nSPS) is 28.1. The maximum Gasteiger partial charge on any atom is 0.146 e. The van der Waals surface area contributed by atoms with Gasteiger partial charge >= 0.3 is 0 Å². The van der Waals surface area contributed by atoms with Crippen molar-refractivity contribution in [1.29, 1.82) is 0 Å². The highest BCUT2D eigenvalue weighted by atomic mass is 16.5. The first kappa shape index (κ1) is 11.1. The van der Waals surface area contributed by atoms with Gasteiger partial charge in [-0.2, -0.15) is 0 Å². The molecule has 2 heterocycles. The molecule has 2 fully saturated rings. The smallest absolute Gasteiger partial charge is 0.146 e. The second kappa shape index (κ2) is 4.22. The zero-order valence-corrected chi connectivity index (χ0v) is 9.79. The fraction of sp³-hybridized carbons (Fsp3) is 0.917. The van der Waals surface area contributed by atoms with Crippen molar-refractivity contribution in [2.24, 2.45) is 5.41 Å². The van der Waals surface area contributed by atoms with Gasteiger partial charge in [-0.15, -0.1) is 0 Å². The summed E-state index contributed by atoms with van der Waals surface area (Å²) in [5.74, 6) is 0.291. The van der Waals surface area contributed by atoms with E-state index in [9.17, 15) is 4.79 Å². The summed E-state index contributed by atoms with van der Waals surface area (Å²) in [4.78, 5) is 13.7. The van der Waals surface area contributed by atoms with Crippen LogP contribution in [0.3, 0.4) is 0 Å². The molecule has 2 saturated heterocycles. The summed E-state index contributed by atoms with van der Waals surface area (Å²) in [6, 6.07) is 0.104. The number of nitrogens with zero attached hydrogens (tertiary/aromatic N) is 1. The van der Waals surface area contributed by atoms with Crippen LogP contribution in [-0.4, -0.2) is 43.0 Å². The Hall–Kier alpha value is -0.410. The number of ketones is 1.